The fraction of sp³-hybridized carbons (Fsp3) is 0.750. The molecule has 2 rings (SSSR count). The van der Waals surface area contributed by atoms with Crippen LogP contribution in [-0.4, -0.2) is 60.7 Å². The van der Waals surface area contributed by atoms with Gasteiger partial charge in [0.05, 0.1) is 22.9 Å². The average molecular weight is 295 g/mol. The SMILES string of the molecule is CN(C)c1nnc(SC2CS(=O)(=O)CC2O)s1. The minimum atomic E-state index is -3.10. The first kappa shape index (κ1) is 13.1. The highest BCUT2D eigenvalue weighted by atomic mass is 32.2. The molecule has 1 aliphatic heterocycles. The molecule has 1 aromatic heterocycles. The van der Waals surface area contributed by atoms with Crippen molar-refractivity contribution in [3.8, 4) is 0 Å². The maximum atomic E-state index is 11.3. The molecule has 2 unspecified atom stereocenters. The summed E-state index contributed by atoms with van der Waals surface area (Å²) in [4.78, 5) is 1.84. The Morgan fingerprint density at radius 1 is 1.41 bits per heavy atom. The van der Waals surface area contributed by atoms with Crippen molar-refractivity contribution in [1.82, 2.24) is 10.2 Å². The van der Waals surface area contributed by atoms with Crippen LogP contribution in [0, 0.1) is 0 Å². The van der Waals surface area contributed by atoms with Gasteiger partial charge in [-0.2, -0.15) is 0 Å². The van der Waals surface area contributed by atoms with Crippen molar-refractivity contribution in [2.75, 3.05) is 30.5 Å². The predicted octanol–water partition coefficient (Wildman–Crippen LogP) is -0.146. The molecule has 0 saturated carbocycles. The second-order valence-electron chi connectivity index (χ2n) is 4.05. The molecule has 1 fully saturated rings. The van der Waals surface area contributed by atoms with Gasteiger partial charge in [-0.3, -0.25) is 0 Å². The lowest BCUT2D eigenvalue weighted by molar-refractivity contribution is 0.207. The molecule has 0 amide bonds. The van der Waals surface area contributed by atoms with Gasteiger partial charge in [-0.15, -0.1) is 10.2 Å². The third kappa shape index (κ3) is 3.09. The smallest absolute Gasteiger partial charge is 0.208 e. The van der Waals surface area contributed by atoms with Gasteiger partial charge in [0.1, 0.15) is 0 Å². The number of thioether (sulfide) groups is 1. The molecule has 0 spiro atoms. The Labute approximate surface area is 108 Å². The van der Waals surface area contributed by atoms with E-state index < -0.39 is 15.9 Å². The van der Waals surface area contributed by atoms with E-state index in [1.54, 1.807) is 0 Å². The van der Waals surface area contributed by atoms with Gasteiger partial charge in [0.25, 0.3) is 0 Å². The van der Waals surface area contributed by atoms with Gasteiger partial charge >= 0.3 is 0 Å². The summed E-state index contributed by atoms with van der Waals surface area (Å²) in [6.45, 7) is 0. The van der Waals surface area contributed by atoms with Crippen LogP contribution in [0.2, 0.25) is 0 Å². The zero-order chi connectivity index (χ0) is 12.6. The number of anilines is 1. The first-order valence-corrected chi connectivity index (χ1v) is 8.45. The molecule has 9 heteroatoms. The monoisotopic (exact) mass is 295 g/mol. The van der Waals surface area contributed by atoms with Gasteiger partial charge in [-0.05, 0) is 0 Å². The molecular weight excluding hydrogens is 282 g/mol. The molecule has 6 nitrogen and oxygen atoms in total. The summed E-state index contributed by atoms with van der Waals surface area (Å²) in [6, 6.07) is 0. The van der Waals surface area contributed by atoms with E-state index >= 15 is 0 Å². The number of aliphatic hydroxyl groups is 1. The molecule has 2 atom stereocenters. The first-order valence-electron chi connectivity index (χ1n) is 4.93. The normalized spacial score (nSPS) is 27.2. The number of sulfone groups is 1. The summed E-state index contributed by atoms with van der Waals surface area (Å²) in [5.74, 6) is -0.139. The molecule has 2 heterocycles. The molecule has 1 aromatic rings. The fourth-order valence-electron chi connectivity index (χ4n) is 1.47. The lowest BCUT2D eigenvalue weighted by Crippen LogP contribution is -2.19. The highest BCUT2D eigenvalue weighted by Crippen LogP contribution is 2.34. The second-order valence-corrected chi connectivity index (χ2v) is 8.64. The molecule has 0 aliphatic carbocycles. The van der Waals surface area contributed by atoms with Crippen LogP contribution in [0.5, 0.6) is 0 Å². The topological polar surface area (TPSA) is 83.4 Å². The number of aliphatic hydroxyl groups excluding tert-OH is 1. The summed E-state index contributed by atoms with van der Waals surface area (Å²) >= 11 is 2.68. The van der Waals surface area contributed by atoms with Gasteiger partial charge in [0, 0.05) is 14.1 Å². The Kier molecular flexibility index (Phi) is 3.62. The molecule has 1 saturated heterocycles. The van der Waals surface area contributed by atoms with E-state index in [0.29, 0.717) is 4.34 Å². The van der Waals surface area contributed by atoms with Crippen LogP contribution in [0.15, 0.2) is 4.34 Å². The summed E-state index contributed by atoms with van der Waals surface area (Å²) in [7, 11) is 0.631. The van der Waals surface area contributed by atoms with E-state index in [1.807, 2.05) is 19.0 Å². The Hall–Kier alpha value is -0.380. The minimum Gasteiger partial charge on any atom is -0.391 e. The van der Waals surface area contributed by atoms with Crippen molar-refractivity contribution in [3.05, 3.63) is 0 Å². The van der Waals surface area contributed by atoms with Crippen molar-refractivity contribution >= 4 is 38.1 Å². The standard InChI is InChI=1S/C8H13N3O3S3/c1-11(2)7-9-10-8(16-7)15-6-4-17(13,14)3-5(6)12/h5-6,12H,3-4H2,1-2H3. The van der Waals surface area contributed by atoms with E-state index in [4.69, 9.17) is 0 Å². The van der Waals surface area contributed by atoms with Crippen LogP contribution < -0.4 is 4.90 Å². The number of hydrogen-bond donors (Lipinski definition) is 1. The lowest BCUT2D eigenvalue weighted by atomic mass is 10.3. The summed E-state index contributed by atoms with van der Waals surface area (Å²) in [5.41, 5.74) is 0. The third-order valence-corrected chi connectivity index (χ3v) is 6.72. The van der Waals surface area contributed by atoms with Gasteiger partial charge < -0.3 is 10.0 Å². The molecule has 0 aromatic carbocycles. The van der Waals surface area contributed by atoms with Crippen molar-refractivity contribution in [2.24, 2.45) is 0 Å². The molecule has 17 heavy (non-hydrogen) atoms. The van der Waals surface area contributed by atoms with Crippen LogP contribution >= 0.6 is 23.1 Å². The van der Waals surface area contributed by atoms with Gasteiger partial charge in [0.2, 0.25) is 5.13 Å². The Morgan fingerprint density at radius 3 is 2.59 bits per heavy atom. The van der Waals surface area contributed by atoms with Crippen LogP contribution in [-0.2, 0) is 9.84 Å². The lowest BCUT2D eigenvalue weighted by Gasteiger charge is -2.08. The van der Waals surface area contributed by atoms with E-state index in [9.17, 15) is 13.5 Å². The summed E-state index contributed by atoms with van der Waals surface area (Å²) in [6.07, 6.45) is -0.809. The van der Waals surface area contributed by atoms with Crippen LogP contribution in [0.25, 0.3) is 0 Å². The van der Waals surface area contributed by atoms with Gasteiger partial charge in [-0.25, -0.2) is 8.42 Å². The first-order chi connectivity index (χ1) is 7.87. The summed E-state index contributed by atoms with van der Waals surface area (Å²) < 4.78 is 23.4. The Bertz CT molecular complexity index is 499. The number of nitrogens with zero attached hydrogens (tertiary/aromatic N) is 3. The Balaban J connectivity index is 2.06. The van der Waals surface area contributed by atoms with E-state index in [0.717, 1.165) is 5.13 Å². The van der Waals surface area contributed by atoms with Crippen LogP contribution in [0.4, 0.5) is 5.13 Å². The maximum absolute atomic E-state index is 11.3. The quantitative estimate of drug-likeness (QED) is 0.830. The van der Waals surface area contributed by atoms with Gasteiger partial charge in [0.15, 0.2) is 14.2 Å². The predicted molar refractivity (Wildman–Crippen MR) is 68.5 cm³/mol. The maximum Gasteiger partial charge on any atom is 0.208 e. The third-order valence-electron chi connectivity index (χ3n) is 2.30. The zero-order valence-electron chi connectivity index (χ0n) is 9.40. The second kappa shape index (κ2) is 4.71. The van der Waals surface area contributed by atoms with Crippen LogP contribution in [0.3, 0.4) is 0 Å². The molecule has 96 valence electrons. The van der Waals surface area contributed by atoms with Crippen molar-refractivity contribution in [1.29, 1.82) is 0 Å². The van der Waals surface area contributed by atoms with Crippen molar-refractivity contribution in [2.45, 2.75) is 15.7 Å². The minimum absolute atomic E-state index is 0.00963. The molecular formula is C8H13N3O3S3. The largest absolute Gasteiger partial charge is 0.391 e. The molecule has 1 N–H and O–H groups in total. The van der Waals surface area contributed by atoms with E-state index in [1.165, 1.54) is 23.1 Å². The van der Waals surface area contributed by atoms with E-state index in [-0.39, 0.29) is 16.8 Å². The van der Waals surface area contributed by atoms with Gasteiger partial charge in [-0.1, -0.05) is 23.1 Å². The highest BCUT2D eigenvalue weighted by molar-refractivity contribution is 8.03. The number of aromatic nitrogens is 2. The number of rotatable bonds is 3. The molecule has 0 bridgehead atoms. The molecule has 1 aliphatic rings. The summed E-state index contributed by atoms with van der Waals surface area (Å²) in [5, 5.41) is 18.0. The number of hydrogen-bond acceptors (Lipinski definition) is 8. The van der Waals surface area contributed by atoms with Crippen molar-refractivity contribution < 1.29 is 13.5 Å². The highest BCUT2D eigenvalue weighted by Gasteiger charge is 2.37. The van der Waals surface area contributed by atoms with E-state index in [2.05, 4.69) is 10.2 Å². The zero-order valence-corrected chi connectivity index (χ0v) is 11.8. The fourth-order valence-corrected chi connectivity index (χ4v) is 5.99. The Morgan fingerprint density at radius 2 is 2.12 bits per heavy atom. The van der Waals surface area contributed by atoms with Crippen molar-refractivity contribution in [3.63, 3.8) is 0 Å². The molecule has 0 radical (unpaired) electrons. The van der Waals surface area contributed by atoms with Crippen LogP contribution in [0.1, 0.15) is 0 Å². The average Bonchev–Trinajstić information content (AvgIpc) is 2.72.